The smallest absolute Gasteiger partial charge is 0.242 e. The van der Waals surface area contributed by atoms with Crippen LogP contribution >= 0.6 is 23.2 Å². The van der Waals surface area contributed by atoms with E-state index in [0.29, 0.717) is 60.1 Å². The van der Waals surface area contributed by atoms with Crippen molar-refractivity contribution < 1.29 is 14.4 Å². The van der Waals surface area contributed by atoms with Gasteiger partial charge < -0.3 is 11.1 Å². The second-order valence-electron chi connectivity index (χ2n) is 13.5. The number of piperidine rings is 2. The summed E-state index contributed by atoms with van der Waals surface area (Å²) in [4.78, 5) is 47.5. The van der Waals surface area contributed by atoms with E-state index in [0.717, 1.165) is 42.9 Å². The third-order valence-corrected chi connectivity index (χ3v) is 10.6. The zero-order valence-corrected chi connectivity index (χ0v) is 27.0. The highest BCUT2D eigenvalue weighted by Gasteiger charge is 2.47. The highest BCUT2D eigenvalue weighted by Crippen LogP contribution is 2.49. The lowest BCUT2D eigenvalue weighted by molar-refractivity contribution is -0.135. The molecule has 0 saturated carbocycles. The van der Waals surface area contributed by atoms with Gasteiger partial charge in [-0.1, -0.05) is 61.7 Å². The van der Waals surface area contributed by atoms with Crippen LogP contribution in [-0.2, 0) is 14.4 Å². The van der Waals surface area contributed by atoms with Crippen LogP contribution in [0.1, 0.15) is 70.4 Å². The first-order chi connectivity index (χ1) is 21.0. The normalized spacial score (nSPS) is 23.8. The van der Waals surface area contributed by atoms with Crippen LogP contribution in [0.5, 0.6) is 0 Å². The Hall–Kier alpha value is -2.91. The first kappa shape index (κ1) is 31.1. The number of benzene rings is 2. The summed E-state index contributed by atoms with van der Waals surface area (Å²) in [5.41, 5.74) is 8.75. The van der Waals surface area contributed by atoms with Crippen molar-refractivity contribution in [1.82, 2.24) is 9.80 Å². The van der Waals surface area contributed by atoms with Crippen LogP contribution < -0.4 is 16.0 Å². The summed E-state index contributed by atoms with van der Waals surface area (Å²) < 4.78 is 0. The molecule has 2 aromatic carbocycles. The van der Waals surface area contributed by atoms with E-state index in [1.807, 2.05) is 30.3 Å². The Morgan fingerprint density at radius 1 is 0.955 bits per heavy atom. The maximum absolute atomic E-state index is 14.6. The van der Waals surface area contributed by atoms with Crippen LogP contribution in [-0.4, -0.2) is 65.7 Å². The minimum absolute atomic E-state index is 0.0103. The summed E-state index contributed by atoms with van der Waals surface area (Å²) in [7, 11) is 0. The Bertz CT molecular complexity index is 1510. The van der Waals surface area contributed by atoms with Crippen molar-refractivity contribution >= 4 is 52.2 Å². The number of ketones is 1. The molecule has 1 atom stereocenters. The van der Waals surface area contributed by atoms with Crippen molar-refractivity contribution in [3.8, 4) is 0 Å². The van der Waals surface area contributed by atoms with E-state index in [2.05, 4.69) is 29.0 Å². The third-order valence-electron chi connectivity index (χ3n) is 9.89. The molecule has 1 aliphatic carbocycles. The van der Waals surface area contributed by atoms with Gasteiger partial charge in [0.15, 0.2) is 5.78 Å². The molecule has 234 valence electrons. The molecule has 0 unspecified atom stereocenters. The van der Waals surface area contributed by atoms with E-state index in [4.69, 9.17) is 28.9 Å². The molecular formula is C34H41Cl2N5O3. The molecule has 44 heavy (non-hydrogen) atoms. The molecule has 2 aromatic rings. The van der Waals surface area contributed by atoms with E-state index in [-0.39, 0.29) is 29.6 Å². The van der Waals surface area contributed by atoms with Crippen LogP contribution in [0.25, 0.3) is 0 Å². The van der Waals surface area contributed by atoms with Gasteiger partial charge >= 0.3 is 0 Å². The van der Waals surface area contributed by atoms with E-state index < -0.39 is 11.6 Å². The number of rotatable bonds is 5. The van der Waals surface area contributed by atoms with Crippen LogP contribution in [0.15, 0.2) is 53.7 Å². The molecule has 4 aliphatic rings. The number of para-hydroxylation sites is 2. The van der Waals surface area contributed by atoms with Gasteiger partial charge in [-0.05, 0) is 80.4 Å². The Morgan fingerprint density at radius 2 is 1.66 bits per heavy atom. The number of halogens is 2. The summed E-state index contributed by atoms with van der Waals surface area (Å²) in [6.45, 7) is 7.26. The predicted octanol–water partition coefficient (Wildman–Crippen LogP) is 5.94. The Kier molecular flexibility index (Phi) is 8.56. The summed E-state index contributed by atoms with van der Waals surface area (Å²) in [5.74, 6) is -0.391. The van der Waals surface area contributed by atoms with Gasteiger partial charge in [-0.3, -0.25) is 29.1 Å². The SMILES string of the molecule is CC1(C)CC(=O)C2=C(C1)Nc1ccccc1N(C(=O)CN1CCC(C(N)=O)(N3CCCCC3)CC1)[C@@H]2c1ccc(Cl)c(Cl)c1. The van der Waals surface area contributed by atoms with Crippen molar-refractivity contribution in [1.29, 1.82) is 0 Å². The Labute approximate surface area is 269 Å². The van der Waals surface area contributed by atoms with Crippen LogP contribution in [0.3, 0.4) is 0 Å². The monoisotopic (exact) mass is 637 g/mol. The molecule has 3 N–H and O–H groups in total. The second-order valence-corrected chi connectivity index (χ2v) is 14.3. The number of carbonyl (C=O) groups is 3. The minimum Gasteiger partial charge on any atom is -0.368 e. The highest BCUT2D eigenvalue weighted by atomic mass is 35.5. The fourth-order valence-electron chi connectivity index (χ4n) is 7.65. The molecule has 0 spiro atoms. The largest absolute Gasteiger partial charge is 0.368 e. The van der Waals surface area contributed by atoms with Gasteiger partial charge in [0, 0.05) is 30.8 Å². The molecule has 2 fully saturated rings. The predicted molar refractivity (Wildman–Crippen MR) is 175 cm³/mol. The lowest BCUT2D eigenvalue weighted by Crippen LogP contribution is -2.63. The third kappa shape index (κ3) is 5.78. The lowest BCUT2D eigenvalue weighted by Gasteiger charge is -2.48. The number of nitrogens with two attached hydrogens (primary N) is 1. The number of anilines is 2. The number of hydrogen-bond donors (Lipinski definition) is 2. The standard InChI is InChI=1S/C34H41Cl2N5O3/c1-33(2)19-26-30(28(42)20-33)31(22-10-11-23(35)24(36)18-22)41(27-9-5-4-8-25(27)38-26)29(43)21-39-16-12-34(13-17-39,32(37)44)40-14-6-3-7-15-40/h4-5,8-11,18,31,38H,3,6-7,12-17,19-21H2,1-2H3,(H2,37,44)/t31-/m1/s1. The number of amides is 2. The lowest BCUT2D eigenvalue weighted by atomic mass is 9.73. The van der Waals surface area contributed by atoms with Gasteiger partial charge in [0.1, 0.15) is 5.54 Å². The van der Waals surface area contributed by atoms with E-state index in [9.17, 15) is 14.4 Å². The van der Waals surface area contributed by atoms with E-state index in [1.54, 1.807) is 17.0 Å². The molecule has 2 amide bonds. The van der Waals surface area contributed by atoms with Crippen LogP contribution in [0.4, 0.5) is 11.4 Å². The Balaban J connectivity index is 1.36. The molecule has 0 aromatic heterocycles. The first-order valence-electron chi connectivity index (χ1n) is 15.7. The van der Waals surface area contributed by atoms with E-state index >= 15 is 0 Å². The van der Waals surface area contributed by atoms with Crippen molar-refractivity contribution in [2.24, 2.45) is 11.1 Å². The number of nitrogens with one attached hydrogen (secondary N) is 1. The fourth-order valence-corrected chi connectivity index (χ4v) is 7.96. The highest BCUT2D eigenvalue weighted by molar-refractivity contribution is 6.42. The van der Waals surface area contributed by atoms with Crippen molar-refractivity contribution in [2.45, 2.75) is 70.4 Å². The van der Waals surface area contributed by atoms with Crippen molar-refractivity contribution in [2.75, 3.05) is 42.9 Å². The van der Waals surface area contributed by atoms with Gasteiger partial charge in [-0.25, -0.2) is 0 Å². The van der Waals surface area contributed by atoms with Crippen molar-refractivity contribution in [3.63, 3.8) is 0 Å². The number of hydrogen-bond acceptors (Lipinski definition) is 6. The topological polar surface area (TPSA) is 99.0 Å². The minimum atomic E-state index is -0.685. The molecule has 0 bridgehead atoms. The number of Topliss-reactive ketones (excluding diaryl/α,β-unsaturated/α-hetero) is 1. The number of likely N-dealkylation sites (tertiary alicyclic amines) is 2. The number of primary amides is 1. The fraction of sp³-hybridized carbons (Fsp3) is 0.500. The van der Waals surface area contributed by atoms with Gasteiger partial charge in [-0.15, -0.1) is 0 Å². The molecule has 2 saturated heterocycles. The average molecular weight is 639 g/mol. The molecule has 3 heterocycles. The number of nitrogens with zero attached hydrogens (tertiary/aromatic N) is 3. The van der Waals surface area contributed by atoms with Crippen LogP contribution in [0, 0.1) is 5.41 Å². The van der Waals surface area contributed by atoms with Crippen molar-refractivity contribution in [3.05, 3.63) is 69.3 Å². The molecule has 10 heteroatoms. The Morgan fingerprint density at radius 3 is 2.34 bits per heavy atom. The summed E-state index contributed by atoms with van der Waals surface area (Å²) in [5, 5.41) is 4.33. The van der Waals surface area contributed by atoms with Gasteiger partial charge in [0.2, 0.25) is 11.8 Å². The first-order valence-corrected chi connectivity index (χ1v) is 16.4. The van der Waals surface area contributed by atoms with Crippen LogP contribution in [0.2, 0.25) is 10.0 Å². The summed E-state index contributed by atoms with van der Waals surface area (Å²) in [6.07, 6.45) is 5.55. The average Bonchev–Trinajstić information content (AvgIpc) is 3.13. The number of fused-ring (bicyclic) bond motifs is 1. The van der Waals surface area contributed by atoms with Gasteiger partial charge in [0.25, 0.3) is 0 Å². The number of allylic oxidation sites excluding steroid dienone is 1. The second kappa shape index (κ2) is 12.1. The van der Waals surface area contributed by atoms with E-state index in [1.165, 1.54) is 6.42 Å². The zero-order chi connectivity index (χ0) is 31.2. The number of carbonyl (C=O) groups excluding carboxylic acids is 3. The van der Waals surface area contributed by atoms with Gasteiger partial charge in [-0.2, -0.15) is 0 Å². The summed E-state index contributed by atoms with van der Waals surface area (Å²) in [6, 6.07) is 12.4. The molecular weight excluding hydrogens is 597 g/mol. The maximum Gasteiger partial charge on any atom is 0.242 e. The molecule has 3 aliphatic heterocycles. The quantitative estimate of drug-likeness (QED) is 0.421. The molecule has 8 nitrogen and oxygen atoms in total. The zero-order valence-electron chi connectivity index (χ0n) is 25.5. The molecule has 0 radical (unpaired) electrons. The summed E-state index contributed by atoms with van der Waals surface area (Å²) >= 11 is 12.8. The molecule has 6 rings (SSSR count). The maximum atomic E-state index is 14.6. The van der Waals surface area contributed by atoms with Gasteiger partial charge in [0.05, 0.1) is 34.0 Å².